The average molecular weight is 331 g/mol. The van der Waals surface area contributed by atoms with Crippen molar-refractivity contribution >= 4 is 11.6 Å². The van der Waals surface area contributed by atoms with Gasteiger partial charge >= 0.3 is 0 Å². The maximum absolute atomic E-state index is 13.8. The molecule has 1 saturated heterocycles. The van der Waals surface area contributed by atoms with E-state index in [1.807, 2.05) is 12.1 Å². The first-order chi connectivity index (χ1) is 11.6. The third-order valence-electron chi connectivity index (χ3n) is 4.23. The molecule has 1 aliphatic rings. The second kappa shape index (κ2) is 6.97. The van der Waals surface area contributed by atoms with E-state index in [9.17, 15) is 13.6 Å². The first kappa shape index (κ1) is 16.4. The van der Waals surface area contributed by atoms with Crippen molar-refractivity contribution in [3.05, 3.63) is 65.2 Å². The first-order valence-electron chi connectivity index (χ1n) is 7.87. The second-order valence-electron chi connectivity index (χ2n) is 5.88. The van der Waals surface area contributed by atoms with Gasteiger partial charge in [-0.15, -0.1) is 0 Å². The fraction of sp³-hybridized carbons (Fsp3) is 0.278. The topological polar surface area (TPSA) is 58.4 Å². The number of nitrogens with two attached hydrogens (primary N) is 1. The molecule has 2 aromatic rings. The number of para-hydroxylation sites is 1. The number of carbonyl (C=O) groups excluding carboxylic acids is 1. The van der Waals surface area contributed by atoms with E-state index in [0.717, 1.165) is 5.56 Å². The molecule has 4 nitrogen and oxygen atoms in total. The van der Waals surface area contributed by atoms with E-state index in [4.69, 9.17) is 5.73 Å². The molecule has 1 atom stereocenters. The zero-order chi connectivity index (χ0) is 17.1. The predicted molar refractivity (Wildman–Crippen MR) is 88.8 cm³/mol. The van der Waals surface area contributed by atoms with Crippen LogP contribution in [-0.4, -0.2) is 25.0 Å². The molecule has 1 unspecified atom stereocenters. The molecule has 1 amide bonds. The third-order valence-corrected chi connectivity index (χ3v) is 4.23. The Bertz CT molecular complexity index is 713. The normalized spacial score (nSPS) is 17.1. The lowest BCUT2D eigenvalue weighted by Crippen LogP contribution is -2.37. The van der Waals surface area contributed by atoms with E-state index in [1.165, 1.54) is 18.2 Å². The van der Waals surface area contributed by atoms with Gasteiger partial charge in [0.15, 0.2) is 0 Å². The van der Waals surface area contributed by atoms with Crippen LogP contribution in [0.25, 0.3) is 0 Å². The number of halogens is 2. The summed E-state index contributed by atoms with van der Waals surface area (Å²) < 4.78 is 27.7. The van der Waals surface area contributed by atoms with Crippen LogP contribution in [0, 0.1) is 11.6 Å². The molecule has 3 N–H and O–H groups in total. The van der Waals surface area contributed by atoms with Crippen LogP contribution in [0.3, 0.4) is 0 Å². The molecule has 6 heteroatoms. The van der Waals surface area contributed by atoms with Crippen LogP contribution in [0.1, 0.15) is 22.3 Å². The minimum Gasteiger partial charge on any atom is -0.365 e. The minimum absolute atomic E-state index is 0.0263. The van der Waals surface area contributed by atoms with Crippen LogP contribution in [0.2, 0.25) is 0 Å². The summed E-state index contributed by atoms with van der Waals surface area (Å²) in [6.45, 7) is 1.30. The Labute approximate surface area is 139 Å². The standard InChI is InChI=1S/C18H19F2N3O/c19-15-2-1-3-16(20)17(15)23-9-8-14(11-23)22-18(24)13-6-4-12(10-21)5-7-13/h1-7,14H,8-11,21H2,(H,22,24). The zero-order valence-corrected chi connectivity index (χ0v) is 13.1. The van der Waals surface area contributed by atoms with Gasteiger partial charge in [-0.1, -0.05) is 18.2 Å². The molecular formula is C18H19F2N3O. The summed E-state index contributed by atoms with van der Waals surface area (Å²) in [5.74, 6) is -1.36. The number of anilines is 1. The van der Waals surface area contributed by atoms with Gasteiger partial charge in [0, 0.05) is 31.2 Å². The lowest BCUT2D eigenvalue weighted by atomic mass is 10.1. The van der Waals surface area contributed by atoms with Crippen LogP contribution in [0.4, 0.5) is 14.5 Å². The average Bonchev–Trinajstić information content (AvgIpc) is 3.03. The fourth-order valence-electron chi connectivity index (χ4n) is 2.93. The Balaban J connectivity index is 1.64. The Morgan fingerprint density at radius 1 is 1.17 bits per heavy atom. The Hall–Kier alpha value is -2.47. The number of nitrogens with one attached hydrogen (secondary N) is 1. The molecule has 1 heterocycles. The third kappa shape index (κ3) is 3.38. The lowest BCUT2D eigenvalue weighted by Gasteiger charge is -2.20. The molecule has 2 aromatic carbocycles. The van der Waals surface area contributed by atoms with Crippen molar-refractivity contribution in [1.29, 1.82) is 0 Å². The highest BCUT2D eigenvalue weighted by atomic mass is 19.1. The summed E-state index contributed by atoms with van der Waals surface area (Å²) in [6, 6.07) is 10.7. The smallest absolute Gasteiger partial charge is 0.251 e. The predicted octanol–water partition coefficient (Wildman–Crippen LogP) is 2.43. The highest BCUT2D eigenvalue weighted by Crippen LogP contribution is 2.26. The molecule has 1 aliphatic heterocycles. The highest BCUT2D eigenvalue weighted by Gasteiger charge is 2.27. The molecule has 0 saturated carbocycles. The van der Waals surface area contributed by atoms with Crippen LogP contribution in [-0.2, 0) is 6.54 Å². The van der Waals surface area contributed by atoms with Gasteiger partial charge in [-0.05, 0) is 36.2 Å². The number of nitrogens with zero attached hydrogens (tertiary/aromatic N) is 1. The van der Waals surface area contributed by atoms with Crippen LogP contribution in [0.15, 0.2) is 42.5 Å². The van der Waals surface area contributed by atoms with E-state index in [-0.39, 0.29) is 17.6 Å². The van der Waals surface area contributed by atoms with Gasteiger partial charge in [0.2, 0.25) is 0 Å². The summed E-state index contributed by atoms with van der Waals surface area (Å²) in [5, 5.41) is 2.91. The molecule has 0 spiro atoms. The molecular weight excluding hydrogens is 312 g/mol. The van der Waals surface area contributed by atoms with Crippen LogP contribution in [0.5, 0.6) is 0 Å². The van der Waals surface area contributed by atoms with E-state index in [1.54, 1.807) is 17.0 Å². The van der Waals surface area contributed by atoms with Crippen LogP contribution < -0.4 is 16.0 Å². The number of rotatable bonds is 4. The van der Waals surface area contributed by atoms with E-state index in [2.05, 4.69) is 5.32 Å². The number of hydrogen-bond acceptors (Lipinski definition) is 3. The molecule has 0 aromatic heterocycles. The molecule has 0 aliphatic carbocycles. The number of carbonyl (C=O) groups is 1. The summed E-state index contributed by atoms with van der Waals surface area (Å²) in [7, 11) is 0. The van der Waals surface area contributed by atoms with Crippen LogP contribution >= 0.6 is 0 Å². The maximum atomic E-state index is 13.8. The van der Waals surface area contributed by atoms with Crippen molar-refractivity contribution in [2.45, 2.75) is 19.0 Å². The van der Waals surface area contributed by atoms with Crippen molar-refractivity contribution in [2.24, 2.45) is 5.73 Å². The lowest BCUT2D eigenvalue weighted by molar-refractivity contribution is 0.0940. The number of hydrogen-bond donors (Lipinski definition) is 2. The van der Waals surface area contributed by atoms with Crippen molar-refractivity contribution in [1.82, 2.24) is 5.32 Å². The SMILES string of the molecule is NCc1ccc(C(=O)NC2CCN(c3c(F)cccc3F)C2)cc1. The van der Waals surface area contributed by atoms with Gasteiger partial charge in [0.1, 0.15) is 17.3 Å². The van der Waals surface area contributed by atoms with Crippen molar-refractivity contribution < 1.29 is 13.6 Å². The summed E-state index contributed by atoms with van der Waals surface area (Å²) in [4.78, 5) is 13.9. The van der Waals surface area contributed by atoms with Gasteiger partial charge in [-0.25, -0.2) is 8.78 Å². The molecule has 0 radical (unpaired) electrons. The molecule has 3 rings (SSSR count). The maximum Gasteiger partial charge on any atom is 0.251 e. The van der Waals surface area contributed by atoms with Gasteiger partial charge in [0.25, 0.3) is 5.91 Å². The Kier molecular flexibility index (Phi) is 4.76. The number of benzene rings is 2. The Morgan fingerprint density at radius 2 is 1.83 bits per heavy atom. The monoisotopic (exact) mass is 331 g/mol. The second-order valence-corrected chi connectivity index (χ2v) is 5.88. The summed E-state index contributed by atoms with van der Waals surface area (Å²) in [6.07, 6.45) is 0.639. The van der Waals surface area contributed by atoms with Gasteiger partial charge < -0.3 is 16.0 Å². The summed E-state index contributed by atoms with van der Waals surface area (Å²) >= 11 is 0. The molecule has 1 fully saturated rings. The van der Waals surface area contributed by atoms with Gasteiger partial charge in [-0.3, -0.25) is 4.79 Å². The minimum atomic E-state index is -0.584. The van der Waals surface area contributed by atoms with Crippen molar-refractivity contribution in [2.75, 3.05) is 18.0 Å². The van der Waals surface area contributed by atoms with Gasteiger partial charge in [-0.2, -0.15) is 0 Å². The molecule has 126 valence electrons. The van der Waals surface area contributed by atoms with E-state index >= 15 is 0 Å². The Morgan fingerprint density at radius 3 is 2.46 bits per heavy atom. The number of amides is 1. The molecule has 24 heavy (non-hydrogen) atoms. The van der Waals surface area contributed by atoms with Crippen molar-refractivity contribution in [3.8, 4) is 0 Å². The summed E-state index contributed by atoms with van der Waals surface area (Å²) in [5.41, 5.74) is 7.01. The highest BCUT2D eigenvalue weighted by molar-refractivity contribution is 5.94. The van der Waals surface area contributed by atoms with Crippen molar-refractivity contribution in [3.63, 3.8) is 0 Å². The quantitative estimate of drug-likeness (QED) is 0.905. The zero-order valence-electron chi connectivity index (χ0n) is 13.1. The van der Waals surface area contributed by atoms with Gasteiger partial charge in [0.05, 0.1) is 0 Å². The largest absolute Gasteiger partial charge is 0.365 e. The molecule has 0 bridgehead atoms. The van der Waals surface area contributed by atoms with E-state index < -0.39 is 11.6 Å². The first-order valence-corrected chi connectivity index (χ1v) is 7.87. The fourth-order valence-corrected chi connectivity index (χ4v) is 2.93. The van der Waals surface area contributed by atoms with E-state index in [0.29, 0.717) is 31.6 Å².